The van der Waals surface area contributed by atoms with Crippen LogP contribution < -0.4 is 4.90 Å². The molecule has 0 radical (unpaired) electrons. The quantitative estimate of drug-likeness (QED) is 0.832. The number of hydrogen-bond acceptors (Lipinski definition) is 4. The van der Waals surface area contributed by atoms with Crippen molar-refractivity contribution in [2.45, 2.75) is 43.6 Å². The highest BCUT2D eigenvalue weighted by Crippen LogP contribution is 2.31. The summed E-state index contributed by atoms with van der Waals surface area (Å²) in [5.74, 6) is -0.00630. The second kappa shape index (κ2) is 6.82. The zero-order chi connectivity index (χ0) is 17.3. The molecule has 0 bridgehead atoms. The van der Waals surface area contributed by atoms with Crippen molar-refractivity contribution in [3.63, 3.8) is 0 Å². The van der Waals surface area contributed by atoms with E-state index in [1.165, 1.54) is 4.31 Å². The van der Waals surface area contributed by atoms with Crippen molar-refractivity contribution in [2.75, 3.05) is 31.6 Å². The average Bonchev–Trinajstić information content (AvgIpc) is 2.60. The molecule has 0 unspecified atom stereocenters. The molecule has 1 saturated heterocycles. The van der Waals surface area contributed by atoms with E-state index in [9.17, 15) is 13.2 Å². The molecule has 3 rings (SSSR count). The van der Waals surface area contributed by atoms with Gasteiger partial charge in [0.1, 0.15) is 0 Å². The Hall–Kier alpha value is -1.44. The molecular formula is C17H24N2O4S. The normalized spacial score (nSPS) is 20.0. The van der Waals surface area contributed by atoms with Gasteiger partial charge in [-0.05, 0) is 49.4 Å². The molecule has 0 aliphatic carbocycles. The molecule has 1 aromatic rings. The Bertz CT molecular complexity index is 724. The predicted octanol–water partition coefficient (Wildman–Crippen LogP) is 1.79. The van der Waals surface area contributed by atoms with Gasteiger partial charge in [-0.25, -0.2) is 8.42 Å². The lowest BCUT2D eigenvalue weighted by atomic mass is 10.0. The number of carbonyl (C=O) groups excluding carboxylic acids is 1. The Morgan fingerprint density at radius 1 is 1.21 bits per heavy atom. The molecule has 132 valence electrons. The number of sulfonamides is 1. The number of hydrogen-bond donors (Lipinski definition) is 0. The maximum absolute atomic E-state index is 12.9. The smallest absolute Gasteiger partial charge is 0.243 e. The van der Waals surface area contributed by atoms with Crippen LogP contribution in [-0.2, 0) is 26.0 Å². The zero-order valence-corrected chi connectivity index (χ0v) is 15.0. The maximum Gasteiger partial charge on any atom is 0.243 e. The lowest BCUT2D eigenvalue weighted by Gasteiger charge is -2.32. The number of aryl methyl sites for hydroxylation is 1. The first-order valence-corrected chi connectivity index (χ1v) is 9.81. The molecule has 2 aliphatic rings. The van der Waals surface area contributed by atoms with E-state index in [4.69, 9.17) is 4.74 Å². The fourth-order valence-electron chi connectivity index (χ4n) is 3.52. The Morgan fingerprint density at radius 3 is 2.54 bits per heavy atom. The van der Waals surface area contributed by atoms with Gasteiger partial charge in [-0.15, -0.1) is 0 Å². The monoisotopic (exact) mass is 352 g/mol. The summed E-state index contributed by atoms with van der Waals surface area (Å²) in [7, 11) is -1.82. The van der Waals surface area contributed by atoms with E-state index in [2.05, 4.69) is 0 Å². The van der Waals surface area contributed by atoms with Crippen LogP contribution in [0.4, 0.5) is 5.69 Å². The van der Waals surface area contributed by atoms with E-state index in [0.29, 0.717) is 24.5 Å². The first-order chi connectivity index (χ1) is 11.4. The number of methoxy groups -OCH3 is 1. The van der Waals surface area contributed by atoms with Crippen LogP contribution >= 0.6 is 0 Å². The lowest BCUT2D eigenvalue weighted by Crippen LogP contribution is -2.40. The van der Waals surface area contributed by atoms with E-state index in [0.717, 1.165) is 36.9 Å². The van der Waals surface area contributed by atoms with Gasteiger partial charge in [0.25, 0.3) is 0 Å². The van der Waals surface area contributed by atoms with Crippen LogP contribution in [0.2, 0.25) is 0 Å². The number of amides is 1. The van der Waals surface area contributed by atoms with Crippen LogP contribution in [0, 0.1) is 0 Å². The van der Waals surface area contributed by atoms with Gasteiger partial charge in [0.05, 0.1) is 11.0 Å². The minimum absolute atomic E-state index is 0.00630. The van der Waals surface area contributed by atoms with Gasteiger partial charge >= 0.3 is 0 Å². The molecule has 6 nitrogen and oxygen atoms in total. The van der Waals surface area contributed by atoms with Gasteiger partial charge in [0, 0.05) is 39.4 Å². The highest BCUT2D eigenvalue weighted by molar-refractivity contribution is 7.89. The van der Waals surface area contributed by atoms with Crippen molar-refractivity contribution in [2.24, 2.45) is 0 Å². The Kier molecular flexibility index (Phi) is 4.94. The fraction of sp³-hybridized carbons (Fsp3) is 0.588. The summed E-state index contributed by atoms with van der Waals surface area (Å²) < 4.78 is 32.6. The summed E-state index contributed by atoms with van der Waals surface area (Å²) in [6, 6.07) is 5.13. The molecule has 1 aromatic carbocycles. The average molecular weight is 352 g/mol. The summed E-state index contributed by atoms with van der Waals surface area (Å²) in [5, 5.41) is 0. The standard InChI is InChI=1S/C17H24N2O4S/c1-13(20)19-9-3-4-14-12-16(5-6-17(14)19)24(21,22)18-10-7-15(23-2)8-11-18/h5-6,12,15H,3-4,7-11H2,1-2H3. The van der Waals surface area contributed by atoms with E-state index >= 15 is 0 Å². The second-order valence-corrected chi connectivity index (χ2v) is 8.34. The molecule has 1 amide bonds. The summed E-state index contributed by atoms with van der Waals surface area (Å²) >= 11 is 0. The molecule has 24 heavy (non-hydrogen) atoms. The Morgan fingerprint density at radius 2 is 1.92 bits per heavy atom. The number of ether oxygens (including phenoxy) is 1. The second-order valence-electron chi connectivity index (χ2n) is 6.40. The van der Waals surface area contributed by atoms with Gasteiger partial charge in [0.2, 0.25) is 15.9 Å². The van der Waals surface area contributed by atoms with Crippen LogP contribution in [0.3, 0.4) is 0 Å². The van der Waals surface area contributed by atoms with Crippen LogP contribution in [-0.4, -0.2) is 51.5 Å². The first-order valence-electron chi connectivity index (χ1n) is 8.37. The van der Waals surface area contributed by atoms with Crippen molar-refractivity contribution in [3.05, 3.63) is 23.8 Å². The Labute approximate surface area is 143 Å². The maximum atomic E-state index is 12.9. The van der Waals surface area contributed by atoms with Gasteiger partial charge < -0.3 is 9.64 Å². The first kappa shape index (κ1) is 17.4. The van der Waals surface area contributed by atoms with Gasteiger partial charge in [-0.1, -0.05) is 0 Å². The molecule has 0 saturated carbocycles. The summed E-state index contributed by atoms with van der Waals surface area (Å²) in [6.07, 6.45) is 3.24. The number of carbonyl (C=O) groups is 1. The van der Waals surface area contributed by atoms with Crippen LogP contribution in [0.25, 0.3) is 0 Å². The van der Waals surface area contributed by atoms with Gasteiger partial charge in [-0.2, -0.15) is 4.31 Å². The third-order valence-electron chi connectivity index (χ3n) is 4.92. The predicted molar refractivity (Wildman–Crippen MR) is 91.6 cm³/mol. The largest absolute Gasteiger partial charge is 0.381 e. The number of fused-ring (bicyclic) bond motifs is 1. The molecule has 7 heteroatoms. The molecule has 0 spiro atoms. The third-order valence-corrected chi connectivity index (χ3v) is 6.82. The van der Waals surface area contributed by atoms with Crippen LogP contribution in [0.15, 0.2) is 23.1 Å². The van der Waals surface area contributed by atoms with E-state index in [-0.39, 0.29) is 12.0 Å². The third kappa shape index (κ3) is 3.20. The lowest BCUT2D eigenvalue weighted by molar-refractivity contribution is -0.116. The van der Waals surface area contributed by atoms with Crippen molar-refractivity contribution < 1.29 is 17.9 Å². The number of anilines is 1. The van der Waals surface area contributed by atoms with Gasteiger partial charge in [0.15, 0.2) is 0 Å². The number of piperidine rings is 1. The minimum Gasteiger partial charge on any atom is -0.381 e. The molecule has 0 aromatic heterocycles. The minimum atomic E-state index is -3.49. The van der Waals surface area contributed by atoms with E-state index < -0.39 is 10.0 Å². The molecule has 1 fully saturated rings. The van der Waals surface area contributed by atoms with Gasteiger partial charge in [-0.3, -0.25) is 4.79 Å². The van der Waals surface area contributed by atoms with Crippen LogP contribution in [0.5, 0.6) is 0 Å². The molecule has 2 aliphatic heterocycles. The number of nitrogens with zero attached hydrogens (tertiary/aromatic N) is 2. The summed E-state index contributed by atoms with van der Waals surface area (Å²) in [6.45, 7) is 3.20. The SMILES string of the molecule is COC1CCN(S(=O)(=O)c2ccc3c(c2)CCCN3C(C)=O)CC1. The van der Waals surface area contributed by atoms with E-state index in [1.807, 2.05) is 0 Å². The molecule has 2 heterocycles. The number of rotatable bonds is 3. The summed E-state index contributed by atoms with van der Waals surface area (Å²) in [4.78, 5) is 13.8. The van der Waals surface area contributed by atoms with Crippen LogP contribution in [0.1, 0.15) is 31.7 Å². The molecule has 0 N–H and O–H groups in total. The Balaban J connectivity index is 1.86. The van der Waals surface area contributed by atoms with E-state index in [1.54, 1.807) is 37.1 Å². The zero-order valence-electron chi connectivity index (χ0n) is 14.2. The topological polar surface area (TPSA) is 66.9 Å². The van der Waals surface area contributed by atoms with Crippen molar-refractivity contribution in [3.8, 4) is 0 Å². The highest BCUT2D eigenvalue weighted by Gasteiger charge is 2.30. The summed E-state index contributed by atoms with van der Waals surface area (Å²) in [5.41, 5.74) is 1.77. The highest BCUT2D eigenvalue weighted by atomic mass is 32.2. The molecular weight excluding hydrogens is 328 g/mol. The fourth-order valence-corrected chi connectivity index (χ4v) is 5.04. The van der Waals surface area contributed by atoms with Crippen molar-refractivity contribution in [1.29, 1.82) is 0 Å². The van der Waals surface area contributed by atoms with Crippen molar-refractivity contribution in [1.82, 2.24) is 4.31 Å². The molecule has 0 atom stereocenters. The van der Waals surface area contributed by atoms with Crippen molar-refractivity contribution >= 4 is 21.6 Å². The number of benzene rings is 1.